The summed E-state index contributed by atoms with van der Waals surface area (Å²) in [5.41, 5.74) is 14.1. The molecule has 0 bridgehead atoms. The highest BCUT2D eigenvalue weighted by molar-refractivity contribution is 6.10. The van der Waals surface area contributed by atoms with Crippen LogP contribution in [0, 0.1) is 0 Å². The lowest BCUT2D eigenvalue weighted by Crippen LogP contribution is -2.30. The van der Waals surface area contributed by atoms with Crippen LogP contribution < -0.4 is 9.47 Å². The Morgan fingerprint density at radius 1 is 0.452 bits per heavy atom. The van der Waals surface area contributed by atoms with Crippen LogP contribution in [0.15, 0.2) is 146 Å². The summed E-state index contributed by atoms with van der Waals surface area (Å²) in [6.07, 6.45) is 0. The summed E-state index contributed by atoms with van der Waals surface area (Å²) in [5, 5.41) is 2.53. The number of anilines is 2. The van der Waals surface area contributed by atoms with Crippen molar-refractivity contribution in [3.63, 3.8) is 0 Å². The van der Waals surface area contributed by atoms with E-state index < -0.39 is 0 Å². The first-order valence-electron chi connectivity index (χ1n) is 14.6. The molecule has 1 aromatic heterocycles. The highest BCUT2D eigenvalue weighted by Crippen LogP contribution is 2.50. The molecule has 0 saturated heterocycles. The second-order valence-electron chi connectivity index (χ2n) is 11.2. The third-order valence-corrected chi connectivity index (χ3v) is 9.05. The number of rotatable bonds is 3. The summed E-state index contributed by atoms with van der Waals surface area (Å²) in [6, 6.07) is 53.3. The normalized spacial score (nSPS) is 12.9. The highest BCUT2D eigenvalue weighted by Gasteiger charge is 2.31. The molecule has 2 heterocycles. The average Bonchev–Trinajstić information content (AvgIpc) is 3.06. The van der Waals surface area contributed by atoms with E-state index in [1.807, 2.05) is 0 Å². The molecule has 0 spiro atoms. The van der Waals surface area contributed by atoms with Crippen molar-refractivity contribution in [1.29, 1.82) is 0 Å². The number of hydrogen-bond acceptors (Lipinski definition) is 1. The maximum atomic E-state index is 2.33. The van der Waals surface area contributed by atoms with Gasteiger partial charge < -0.3 is 4.90 Å². The van der Waals surface area contributed by atoms with Crippen molar-refractivity contribution in [1.82, 2.24) is 0 Å². The monoisotopic (exact) mass is 539 g/mol. The number of benzene rings is 6. The topological polar surface area (TPSA) is 7.12 Å². The standard InChI is InChI=1S/C40H31N2/c1-41-35-23-11-7-19-31(35)39(32-20-8-12-24-36(32)41)29-17-5-3-15-27(29)28-16-4-6-18-30(28)40-33-21-9-13-25-37(33)42(2)38-26-14-10-22-34(38)40/h3-26,39H,1-2H3/q+1. The molecule has 0 atom stereocenters. The van der Waals surface area contributed by atoms with Gasteiger partial charge in [-0.05, 0) is 57.6 Å². The van der Waals surface area contributed by atoms with Gasteiger partial charge in [0.05, 0.1) is 10.8 Å². The van der Waals surface area contributed by atoms with Crippen LogP contribution in [-0.2, 0) is 7.05 Å². The molecule has 0 unspecified atom stereocenters. The maximum Gasteiger partial charge on any atom is 0.213 e. The Bertz CT molecular complexity index is 2040. The van der Waals surface area contributed by atoms with E-state index in [9.17, 15) is 0 Å². The summed E-state index contributed by atoms with van der Waals surface area (Å²) in [5.74, 6) is 0.125. The minimum Gasteiger partial charge on any atom is -0.344 e. The number of fused-ring (bicyclic) bond motifs is 4. The van der Waals surface area contributed by atoms with Crippen LogP contribution in [0.25, 0.3) is 44.1 Å². The zero-order valence-corrected chi connectivity index (χ0v) is 23.8. The highest BCUT2D eigenvalue weighted by atomic mass is 15.1. The molecule has 7 aromatic rings. The van der Waals surface area contributed by atoms with E-state index in [0.717, 1.165) is 0 Å². The van der Waals surface area contributed by atoms with Crippen LogP contribution in [0.4, 0.5) is 11.4 Å². The van der Waals surface area contributed by atoms with Crippen LogP contribution in [0.3, 0.4) is 0 Å². The van der Waals surface area contributed by atoms with Crippen molar-refractivity contribution >= 4 is 33.2 Å². The fourth-order valence-electron chi connectivity index (χ4n) is 7.16. The van der Waals surface area contributed by atoms with Gasteiger partial charge >= 0.3 is 0 Å². The van der Waals surface area contributed by atoms with Crippen LogP contribution >= 0.6 is 0 Å². The zero-order valence-electron chi connectivity index (χ0n) is 23.8. The maximum absolute atomic E-state index is 2.33. The van der Waals surface area contributed by atoms with Crippen molar-refractivity contribution in [3.05, 3.63) is 162 Å². The van der Waals surface area contributed by atoms with Gasteiger partial charge in [-0.15, -0.1) is 0 Å². The van der Waals surface area contributed by atoms with Crippen LogP contribution in [0.5, 0.6) is 0 Å². The Kier molecular flexibility index (Phi) is 5.68. The van der Waals surface area contributed by atoms with Gasteiger partial charge in [-0.3, -0.25) is 0 Å². The first-order valence-corrected chi connectivity index (χ1v) is 14.6. The molecule has 0 N–H and O–H groups in total. The van der Waals surface area contributed by atoms with E-state index >= 15 is 0 Å². The molecule has 0 radical (unpaired) electrons. The predicted molar refractivity (Wildman–Crippen MR) is 175 cm³/mol. The predicted octanol–water partition coefficient (Wildman–Crippen LogP) is 9.41. The van der Waals surface area contributed by atoms with Crippen LogP contribution in [0.1, 0.15) is 22.6 Å². The van der Waals surface area contributed by atoms with Gasteiger partial charge in [0.2, 0.25) is 11.0 Å². The minimum absolute atomic E-state index is 0.125. The van der Waals surface area contributed by atoms with Gasteiger partial charge in [-0.25, -0.2) is 0 Å². The summed E-state index contributed by atoms with van der Waals surface area (Å²) in [7, 11) is 4.35. The van der Waals surface area contributed by atoms with Crippen molar-refractivity contribution in [2.45, 2.75) is 5.92 Å². The summed E-state index contributed by atoms with van der Waals surface area (Å²) >= 11 is 0. The number of hydrogen-bond donors (Lipinski definition) is 0. The quantitative estimate of drug-likeness (QED) is 0.160. The van der Waals surface area contributed by atoms with Crippen molar-refractivity contribution in [3.8, 4) is 22.3 Å². The number of pyridine rings is 1. The Morgan fingerprint density at radius 2 is 0.881 bits per heavy atom. The fourth-order valence-corrected chi connectivity index (χ4v) is 7.16. The summed E-state index contributed by atoms with van der Waals surface area (Å²) in [4.78, 5) is 2.33. The number of aromatic nitrogens is 1. The van der Waals surface area contributed by atoms with Crippen molar-refractivity contribution in [2.75, 3.05) is 11.9 Å². The molecule has 0 saturated carbocycles. The molecule has 0 amide bonds. The molecule has 2 nitrogen and oxygen atoms in total. The Hall–Kier alpha value is -5.21. The molecule has 200 valence electrons. The molecule has 1 aliphatic rings. The lowest BCUT2D eigenvalue weighted by molar-refractivity contribution is -0.617. The smallest absolute Gasteiger partial charge is 0.213 e. The van der Waals surface area contributed by atoms with Gasteiger partial charge in [0.1, 0.15) is 7.05 Å². The van der Waals surface area contributed by atoms with Crippen molar-refractivity contribution in [2.24, 2.45) is 7.05 Å². The summed E-state index contributed by atoms with van der Waals surface area (Å²) in [6.45, 7) is 0. The SMILES string of the molecule is CN1c2ccccc2C(c2ccccc2-c2ccccc2-c2c3ccccc3[n+](C)c3ccccc23)c2ccccc21. The molecule has 8 rings (SSSR count). The van der Waals surface area contributed by atoms with Crippen molar-refractivity contribution < 1.29 is 4.57 Å². The molecule has 1 aliphatic heterocycles. The lowest BCUT2D eigenvalue weighted by atomic mass is 9.77. The Labute approximate surface area is 246 Å². The minimum atomic E-state index is 0.125. The van der Waals surface area contributed by atoms with Crippen LogP contribution in [0.2, 0.25) is 0 Å². The molecule has 0 fully saturated rings. The van der Waals surface area contributed by atoms with Gasteiger partial charge in [0, 0.05) is 42.0 Å². The number of nitrogens with zero attached hydrogens (tertiary/aromatic N) is 2. The molecular weight excluding hydrogens is 508 g/mol. The first-order chi connectivity index (χ1) is 20.7. The van der Waals surface area contributed by atoms with Gasteiger partial charge in [0.25, 0.3) is 0 Å². The van der Waals surface area contributed by atoms with E-state index in [0.29, 0.717) is 0 Å². The first kappa shape index (κ1) is 24.6. The lowest BCUT2D eigenvalue weighted by Gasteiger charge is -2.36. The largest absolute Gasteiger partial charge is 0.344 e. The molecule has 6 aromatic carbocycles. The molecule has 2 heteroatoms. The van der Waals surface area contributed by atoms with E-state index in [4.69, 9.17) is 0 Å². The van der Waals surface area contributed by atoms with Gasteiger partial charge in [0.15, 0.2) is 0 Å². The Morgan fingerprint density at radius 3 is 1.48 bits per heavy atom. The van der Waals surface area contributed by atoms with Crippen LogP contribution in [-0.4, -0.2) is 7.05 Å². The van der Waals surface area contributed by atoms with E-state index in [1.54, 1.807) is 0 Å². The van der Waals surface area contributed by atoms with E-state index in [1.165, 1.54) is 72.1 Å². The fraction of sp³-hybridized carbons (Fsp3) is 0.0750. The molecule has 0 aliphatic carbocycles. The number of para-hydroxylation sites is 4. The molecular formula is C40H31N2+. The third-order valence-electron chi connectivity index (χ3n) is 9.05. The average molecular weight is 540 g/mol. The van der Waals surface area contributed by atoms with E-state index in [-0.39, 0.29) is 5.92 Å². The zero-order chi connectivity index (χ0) is 28.2. The summed E-state index contributed by atoms with van der Waals surface area (Å²) < 4.78 is 2.32. The second-order valence-corrected chi connectivity index (χ2v) is 11.2. The second kappa shape index (κ2) is 9.71. The Balaban J connectivity index is 1.43. The molecule has 42 heavy (non-hydrogen) atoms. The number of aryl methyl sites for hydroxylation is 1. The third kappa shape index (κ3) is 3.62. The van der Waals surface area contributed by atoms with Gasteiger partial charge in [-0.2, -0.15) is 4.57 Å². The van der Waals surface area contributed by atoms with E-state index in [2.05, 4.69) is 169 Å². The van der Waals surface area contributed by atoms with Gasteiger partial charge in [-0.1, -0.05) is 109 Å².